The van der Waals surface area contributed by atoms with Gasteiger partial charge in [-0.2, -0.15) is 13.2 Å². The first kappa shape index (κ1) is 19.5. The van der Waals surface area contributed by atoms with E-state index in [0.717, 1.165) is 0 Å². The van der Waals surface area contributed by atoms with Crippen LogP contribution in [0.2, 0.25) is 45.3 Å². The minimum absolute atomic E-state index is 0.141. The van der Waals surface area contributed by atoms with Crippen LogP contribution in [-0.2, 0) is 12.3 Å². The van der Waals surface area contributed by atoms with E-state index >= 15 is 0 Å². The molecule has 0 bridgehead atoms. The lowest BCUT2D eigenvalue weighted by Gasteiger charge is -2.35. The molecule has 0 aliphatic heterocycles. The highest BCUT2D eigenvalue weighted by Gasteiger charge is 2.45. The van der Waals surface area contributed by atoms with Gasteiger partial charge in [-0.3, -0.25) is 0 Å². The molecule has 0 spiro atoms. The molecule has 0 aromatic carbocycles. The smallest absolute Gasteiger partial charge is 0.420 e. The van der Waals surface area contributed by atoms with Gasteiger partial charge < -0.3 is 12.3 Å². The van der Waals surface area contributed by atoms with Gasteiger partial charge in [0.1, 0.15) is 0 Å². The van der Waals surface area contributed by atoms with Crippen LogP contribution in [0.1, 0.15) is 6.42 Å². The van der Waals surface area contributed by atoms with Crippen molar-refractivity contribution in [1.82, 2.24) is 0 Å². The Morgan fingerprint density at radius 3 is 1.32 bits per heavy atom. The summed E-state index contributed by atoms with van der Waals surface area (Å²) in [6, 6.07) is -0.141. The Bertz CT molecular complexity index is 235. The maximum Gasteiger partial charge on any atom is 0.469 e. The third kappa shape index (κ3) is 9.98. The Kier molecular flexibility index (Phi) is 8.32. The van der Waals surface area contributed by atoms with Gasteiger partial charge >= 0.3 is 15.0 Å². The van der Waals surface area contributed by atoms with E-state index in [2.05, 4.69) is 0 Å². The van der Waals surface area contributed by atoms with Gasteiger partial charge in [-0.1, -0.05) is 0 Å². The molecule has 0 radical (unpaired) electrons. The van der Waals surface area contributed by atoms with Crippen molar-refractivity contribution < 1.29 is 25.5 Å². The Hall–Kier alpha value is 0.538. The van der Waals surface area contributed by atoms with Crippen molar-refractivity contribution in [2.24, 2.45) is 0 Å². The van der Waals surface area contributed by atoms with Gasteiger partial charge in [-0.15, -0.1) is 0 Å². The molecule has 0 aromatic rings. The van der Waals surface area contributed by atoms with Crippen LogP contribution in [-0.4, -0.2) is 42.1 Å². The van der Waals surface area contributed by atoms with E-state index in [4.69, 9.17) is 12.3 Å². The summed E-state index contributed by atoms with van der Waals surface area (Å²) >= 11 is 0. The highest BCUT2D eigenvalue weighted by molar-refractivity contribution is 6.79. The normalized spacial score (nSPS) is 13.9. The van der Waals surface area contributed by atoms with Crippen molar-refractivity contribution in [3.63, 3.8) is 0 Å². The zero-order valence-electron chi connectivity index (χ0n) is 12.5. The molecule has 0 atom stereocenters. The van der Waals surface area contributed by atoms with Crippen LogP contribution < -0.4 is 0 Å². The molecule has 10 heteroatoms. The Morgan fingerprint density at radius 2 is 1.11 bits per heavy atom. The second-order valence-corrected chi connectivity index (χ2v) is 16.3. The summed E-state index contributed by atoms with van der Waals surface area (Å²) in [4.78, 5) is 0. The zero-order chi connectivity index (χ0) is 15.3. The summed E-state index contributed by atoms with van der Waals surface area (Å²) in [7, 11) is -7.66. The van der Waals surface area contributed by atoms with Crippen LogP contribution in [0.25, 0.3) is 0 Å². The molecule has 0 aliphatic rings. The summed E-state index contributed by atoms with van der Waals surface area (Å²) in [5.41, 5.74) is 0. The molecular weight excluding hydrogens is 325 g/mol. The number of hydrogen-bond donors (Lipinski definition) is 0. The molecular formula is C9H25F3O3Si4. The van der Waals surface area contributed by atoms with Gasteiger partial charge in [0.2, 0.25) is 0 Å². The molecule has 0 N–H and O–H groups in total. The molecule has 0 fully saturated rings. The number of hydrogen-bond acceptors (Lipinski definition) is 3. The Morgan fingerprint density at radius 1 is 0.789 bits per heavy atom. The SMILES string of the molecule is C[SiH](C)O[Si](CCC(F)(F)F)(O[SiH](C)C)O[SiH](C)C. The molecule has 0 rings (SSSR count). The van der Waals surface area contributed by atoms with Crippen LogP contribution in [0.15, 0.2) is 0 Å². The molecule has 0 saturated heterocycles. The largest absolute Gasteiger partial charge is 0.469 e. The fraction of sp³-hybridized carbons (Fsp3) is 1.00. The fourth-order valence-corrected chi connectivity index (χ4v) is 14.4. The van der Waals surface area contributed by atoms with E-state index in [1.807, 2.05) is 39.3 Å². The second-order valence-electron chi connectivity index (χ2n) is 5.30. The molecule has 3 nitrogen and oxygen atoms in total. The van der Waals surface area contributed by atoms with Gasteiger partial charge in [0, 0.05) is 12.5 Å². The molecule has 0 saturated carbocycles. The quantitative estimate of drug-likeness (QED) is 0.630. The van der Waals surface area contributed by atoms with E-state index in [1.54, 1.807) is 0 Å². The maximum atomic E-state index is 12.5. The molecule has 0 unspecified atom stereocenters. The van der Waals surface area contributed by atoms with Crippen LogP contribution in [0.5, 0.6) is 0 Å². The molecule has 0 aliphatic carbocycles. The maximum absolute atomic E-state index is 12.5. The average molecular weight is 351 g/mol. The molecule has 0 heterocycles. The first-order valence-corrected chi connectivity index (χ1v) is 16.8. The van der Waals surface area contributed by atoms with Gasteiger partial charge in [0.05, 0.1) is 0 Å². The van der Waals surface area contributed by atoms with Crippen molar-refractivity contribution in [3.8, 4) is 0 Å². The number of rotatable bonds is 8. The predicted octanol–water partition coefficient (Wildman–Crippen LogP) is 2.88. The van der Waals surface area contributed by atoms with Crippen molar-refractivity contribution in [2.75, 3.05) is 0 Å². The topological polar surface area (TPSA) is 27.7 Å². The molecule has 0 aromatic heterocycles. The van der Waals surface area contributed by atoms with Crippen LogP contribution in [0, 0.1) is 0 Å². The highest BCUT2D eigenvalue weighted by atomic mass is 28.5. The van der Waals surface area contributed by atoms with Crippen LogP contribution >= 0.6 is 0 Å². The second kappa shape index (κ2) is 8.10. The molecule has 19 heavy (non-hydrogen) atoms. The van der Waals surface area contributed by atoms with E-state index in [1.165, 1.54) is 0 Å². The lowest BCUT2D eigenvalue weighted by Crippen LogP contribution is -2.53. The lowest BCUT2D eigenvalue weighted by molar-refractivity contribution is -0.132. The summed E-state index contributed by atoms with van der Waals surface area (Å²) in [6.45, 7) is 11.6. The zero-order valence-corrected chi connectivity index (χ0v) is 17.0. The van der Waals surface area contributed by atoms with Gasteiger partial charge in [-0.05, 0) is 39.3 Å². The summed E-state index contributed by atoms with van der Waals surface area (Å²) in [5.74, 6) is 0. The van der Waals surface area contributed by atoms with E-state index in [0.29, 0.717) is 0 Å². The number of halogens is 3. The van der Waals surface area contributed by atoms with Crippen molar-refractivity contribution in [3.05, 3.63) is 0 Å². The standard InChI is InChI=1S/C9H25F3O3Si4/c1-16(2)13-19(14-17(3)4,15-18(5)6)8-7-9(10,11)12/h16-18H,7-8H2,1-6H3. The average Bonchev–Trinajstić information content (AvgIpc) is 2.09. The van der Waals surface area contributed by atoms with Crippen molar-refractivity contribution in [1.29, 1.82) is 0 Å². The minimum atomic E-state index is -4.19. The van der Waals surface area contributed by atoms with Crippen LogP contribution in [0.4, 0.5) is 13.2 Å². The first-order chi connectivity index (χ1) is 8.46. The van der Waals surface area contributed by atoms with Crippen molar-refractivity contribution >= 4 is 35.9 Å². The van der Waals surface area contributed by atoms with E-state index in [9.17, 15) is 13.2 Å². The third-order valence-electron chi connectivity index (χ3n) is 1.96. The first-order valence-electron chi connectivity index (χ1n) is 6.56. The highest BCUT2D eigenvalue weighted by Crippen LogP contribution is 2.29. The lowest BCUT2D eigenvalue weighted by atomic mass is 10.5. The van der Waals surface area contributed by atoms with E-state index in [-0.39, 0.29) is 6.04 Å². The summed E-state index contributed by atoms with van der Waals surface area (Å²) < 4.78 is 55.0. The van der Waals surface area contributed by atoms with Crippen LogP contribution in [0.3, 0.4) is 0 Å². The fourth-order valence-electron chi connectivity index (χ4n) is 1.63. The van der Waals surface area contributed by atoms with Gasteiger partial charge in [-0.25, -0.2) is 0 Å². The third-order valence-corrected chi connectivity index (χ3v) is 12.8. The molecule has 0 amide bonds. The molecule has 116 valence electrons. The minimum Gasteiger partial charge on any atom is -0.420 e. The number of alkyl halides is 3. The van der Waals surface area contributed by atoms with Gasteiger partial charge in [0.15, 0.2) is 27.1 Å². The summed E-state index contributed by atoms with van der Waals surface area (Å²) in [5, 5.41) is 0. The monoisotopic (exact) mass is 350 g/mol. The van der Waals surface area contributed by atoms with Gasteiger partial charge in [0.25, 0.3) is 0 Å². The predicted molar refractivity (Wildman–Crippen MR) is 81.1 cm³/mol. The Balaban J connectivity index is 4.98. The summed E-state index contributed by atoms with van der Waals surface area (Å²) in [6.07, 6.45) is -5.08. The van der Waals surface area contributed by atoms with E-state index < -0.39 is 48.5 Å². The Labute approximate surface area is 120 Å². The van der Waals surface area contributed by atoms with Crippen molar-refractivity contribution in [2.45, 2.75) is 57.9 Å².